The molecule has 2 aromatic rings. The van der Waals surface area contributed by atoms with Gasteiger partial charge in [0.05, 0.1) is 10.9 Å². The molecule has 1 aromatic heterocycles. The van der Waals surface area contributed by atoms with Crippen LogP contribution in [0.3, 0.4) is 0 Å². The van der Waals surface area contributed by atoms with Gasteiger partial charge in [-0.3, -0.25) is 0 Å². The molecule has 0 aliphatic carbocycles. The first kappa shape index (κ1) is 7.49. The molecule has 12 heavy (non-hydrogen) atoms. The highest BCUT2D eigenvalue weighted by atomic mass is 79.9. The Labute approximate surface area is 77.2 Å². The van der Waals surface area contributed by atoms with Crippen LogP contribution >= 0.6 is 15.9 Å². The van der Waals surface area contributed by atoms with Crippen molar-refractivity contribution in [1.82, 2.24) is 9.97 Å². The lowest BCUT2D eigenvalue weighted by Crippen LogP contribution is -1.83. The zero-order chi connectivity index (χ0) is 8.55. The number of aromatic hydroxyl groups is 1. The van der Waals surface area contributed by atoms with E-state index in [1.54, 1.807) is 0 Å². The summed E-state index contributed by atoms with van der Waals surface area (Å²) >= 11 is 3.31. The van der Waals surface area contributed by atoms with E-state index in [4.69, 9.17) is 0 Å². The van der Waals surface area contributed by atoms with Crippen molar-refractivity contribution in [3.05, 3.63) is 29.0 Å². The second kappa shape index (κ2) is 2.71. The van der Waals surface area contributed by atoms with E-state index in [1.165, 1.54) is 6.33 Å². The van der Waals surface area contributed by atoms with Crippen LogP contribution in [-0.4, -0.2) is 15.1 Å². The van der Waals surface area contributed by atoms with E-state index in [1.807, 2.05) is 18.2 Å². The van der Waals surface area contributed by atoms with Gasteiger partial charge in [0.1, 0.15) is 6.33 Å². The summed E-state index contributed by atoms with van der Waals surface area (Å²) < 4.78 is 0.804. The number of aromatic nitrogens is 2. The lowest BCUT2D eigenvalue weighted by molar-refractivity contribution is 0.459. The molecular formula is C8H5BrN2O. The molecule has 0 saturated heterocycles. The Bertz CT molecular complexity index is 394. The van der Waals surface area contributed by atoms with Gasteiger partial charge in [0, 0.05) is 4.47 Å². The van der Waals surface area contributed by atoms with Crippen molar-refractivity contribution in [3.8, 4) is 5.88 Å². The summed E-state index contributed by atoms with van der Waals surface area (Å²) in [6.07, 6.45) is 1.34. The summed E-state index contributed by atoms with van der Waals surface area (Å²) in [4.78, 5) is 7.68. The smallest absolute Gasteiger partial charge is 0.223 e. The Morgan fingerprint density at radius 2 is 2.08 bits per heavy atom. The maximum absolute atomic E-state index is 9.37. The highest BCUT2D eigenvalue weighted by molar-refractivity contribution is 9.10. The Morgan fingerprint density at radius 3 is 2.83 bits per heavy atom. The molecule has 0 atom stereocenters. The summed E-state index contributed by atoms with van der Waals surface area (Å²) in [5.41, 5.74) is 0.733. The van der Waals surface area contributed by atoms with Gasteiger partial charge < -0.3 is 5.11 Å². The highest BCUT2D eigenvalue weighted by Gasteiger charge is 2.03. The Kier molecular flexibility index (Phi) is 1.69. The van der Waals surface area contributed by atoms with Gasteiger partial charge in [-0.1, -0.05) is 6.07 Å². The number of hydrogen-bond donors (Lipinski definition) is 1. The molecule has 1 N–H and O–H groups in total. The number of halogens is 1. The van der Waals surface area contributed by atoms with Crippen LogP contribution in [0, 0.1) is 0 Å². The Morgan fingerprint density at radius 1 is 1.25 bits per heavy atom. The van der Waals surface area contributed by atoms with Crippen LogP contribution in [-0.2, 0) is 0 Å². The van der Waals surface area contributed by atoms with Crippen LogP contribution in [0.2, 0.25) is 0 Å². The lowest BCUT2D eigenvalue weighted by atomic mass is 10.2. The van der Waals surface area contributed by atoms with Crippen LogP contribution < -0.4 is 0 Å². The van der Waals surface area contributed by atoms with Crippen molar-refractivity contribution in [2.24, 2.45) is 0 Å². The van der Waals surface area contributed by atoms with Gasteiger partial charge in [0.2, 0.25) is 5.88 Å². The molecule has 1 aromatic carbocycles. The van der Waals surface area contributed by atoms with E-state index in [0.717, 1.165) is 9.99 Å². The molecule has 2 rings (SSSR count). The van der Waals surface area contributed by atoms with Crippen molar-refractivity contribution < 1.29 is 5.11 Å². The van der Waals surface area contributed by atoms with E-state index in [-0.39, 0.29) is 5.88 Å². The van der Waals surface area contributed by atoms with Gasteiger partial charge in [0.15, 0.2) is 0 Å². The molecule has 0 aliphatic heterocycles. The summed E-state index contributed by atoms with van der Waals surface area (Å²) in [7, 11) is 0. The minimum atomic E-state index is 0.00692. The maximum atomic E-state index is 9.37. The molecule has 0 bridgehead atoms. The minimum Gasteiger partial charge on any atom is -0.493 e. The van der Waals surface area contributed by atoms with Gasteiger partial charge in [-0.2, -0.15) is 0 Å². The molecule has 0 radical (unpaired) electrons. The third-order valence-electron chi connectivity index (χ3n) is 1.59. The van der Waals surface area contributed by atoms with E-state index < -0.39 is 0 Å². The zero-order valence-electron chi connectivity index (χ0n) is 6.03. The SMILES string of the molecule is Oc1ncnc2cccc(Br)c12. The van der Waals surface area contributed by atoms with Crippen LogP contribution in [0.25, 0.3) is 10.9 Å². The van der Waals surface area contributed by atoms with Crippen molar-refractivity contribution >= 4 is 26.8 Å². The van der Waals surface area contributed by atoms with Gasteiger partial charge in [-0.15, -0.1) is 0 Å². The lowest BCUT2D eigenvalue weighted by Gasteiger charge is -1.99. The summed E-state index contributed by atoms with van der Waals surface area (Å²) in [6, 6.07) is 5.52. The third-order valence-corrected chi connectivity index (χ3v) is 2.25. The van der Waals surface area contributed by atoms with Gasteiger partial charge in [0.25, 0.3) is 0 Å². The van der Waals surface area contributed by atoms with Gasteiger partial charge in [-0.25, -0.2) is 9.97 Å². The van der Waals surface area contributed by atoms with Crippen LogP contribution in [0.1, 0.15) is 0 Å². The maximum Gasteiger partial charge on any atom is 0.223 e. The first-order valence-electron chi connectivity index (χ1n) is 3.37. The number of nitrogens with zero attached hydrogens (tertiary/aromatic N) is 2. The molecule has 1 heterocycles. The fraction of sp³-hybridized carbons (Fsp3) is 0. The molecule has 0 unspecified atom stereocenters. The number of fused-ring (bicyclic) bond motifs is 1. The number of rotatable bonds is 0. The fourth-order valence-electron chi connectivity index (χ4n) is 1.05. The topological polar surface area (TPSA) is 46.0 Å². The average molecular weight is 225 g/mol. The monoisotopic (exact) mass is 224 g/mol. The highest BCUT2D eigenvalue weighted by Crippen LogP contribution is 2.27. The molecule has 3 nitrogen and oxygen atoms in total. The molecule has 0 amide bonds. The first-order valence-corrected chi connectivity index (χ1v) is 4.16. The molecule has 4 heteroatoms. The van der Waals surface area contributed by atoms with Gasteiger partial charge in [-0.05, 0) is 28.1 Å². The van der Waals surface area contributed by atoms with E-state index >= 15 is 0 Å². The molecule has 60 valence electrons. The summed E-state index contributed by atoms with van der Waals surface area (Å²) in [5, 5.41) is 10.0. The predicted molar refractivity (Wildman–Crippen MR) is 48.9 cm³/mol. The van der Waals surface area contributed by atoms with Crippen molar-refractivity contribution in [3.63, 3.8) is 0 Å². The second-order valence-electron chi connectivity index (χ2n) is 2.33. The standard InChI is InChI=1S/C8H5BrN2O/c9-5-2-1-3-6-7(5)8(12)11-4-10-6/h1-4H,(H,10,11,12). The van der Waals surface area contributed by atoms with Crippen LogP contribution in [0.4, 0.5) is 0 Å². The quantitative estimate of drug-likeness (QED) is 0.746. The molecule has 0 aliphatic rings. The molecule has 0 spiro atoms. The second-order valence-corrected chi connectivity index (χ2v) is 3.19. The van der Waals surface area contributed by atoms with Crippen LogP contribution in [0.5, 0.6) is 5.88 Å². The number of hydrogen-bond acceptors (Lipinski definition) is 3. The number of benzene rings is 1. The molecule has 0 fully saturated rings. The van der Waals surface area contributed by atoms with Gasteiger partial charge >= 0.3 is 0 Å². The Balaban J connectivity index is 2.96. The normalized spacial score (nSPS) is 10.4. The van der Waals surface area contributed by atoms with E-state index in [0.29, 0.717) is 5.39 Å². The summed E-state index contributed by atoms with van der Waals surface area (Å²) in [5.74, 6) is 0.00692. The molecular weight excluding hydrogens is 220 g/mol. The van der Waals surface area contributed by atoms with Crippen molar-refractivity contribution in [2.45, 2.75) is 0 Å². The summed E-state index contributed by atoms with van der Waals surface area (Å²) in [6.45, 7) is 0. The fourth-order valence-corrected chi connectivity index (χ4v) is 1.59. The third kappa shape index (κ3) is 1.04. The van der Waals surface area contributed by atoms with E-state index in [2.05, 4.69) is 25.9 Å². The predicted octanol–water partition coefficient (Wildman–Crippen LogP) is 2.10. The zero-order valence-corrected chi connectivity index (χ0v) is 7.62. The van der Waals surface area contributed by atoms with Crippen molar-refractivity contribution in [2.75, 3.05) is 0 Å². The minimum absolute atomic E-state index is 0.00692. The first-order chi connectivity index (χ1) is 5.79. The average Bonchev–Trinajstić information content (AvgIpc) is 2.04. The van der Waals surface area contributed by atoms with Crippen molar-refractivity contribution in [1.29, 1.82) is 0 Å². The largest absolute Gasteiger partial charge is 0.493 e. The Hall–Kier alpha value is -1.16. The van der Waals surface area contributed by atoms with E-state index in [9.17, 15) is 5.11 Å². The van der Waals surface area contributed by atoms with Crippen LogP contribution in [0.15, 0.2) is 29.0 Å². The molecule has 0 saturated carbocycles.